The first kappa shape index (κ1) is 13.2. The molecule has 1 fully saturated rings. The van der Waals surface area contributed by atoms with Gasteiger partial charge in [-0.2, -0.15) is 0 Å². The highest BCUT2D eigenvalue weighted by Crippen LogP contribution is 2.27. The second-order valence-corrected chi connectivity index (χ2v) is 5.51. The number of fused-ring (bicyclic) bond motifs is 1. The average molecular weight is 274 g/mol. The molecule has 1 aliphatic rings. The minimum Gasteiger partial charge on any atom is -0.474 e. The smallest absolute Gasteiger partial charge is 0.257 e. The lowest BCUT2D eigenvalue weighted by atomic mass is 10.2. The van der Waals surface area contributed by atoms with Crippen molar-refractivity contribution >= 4 is 11.2 Å². The largest absolute Gasteiger partial charge is 0.474 e. The van der Waals surface area contributed by atoms with Crippen molar-refractivity contribution in [1.82, 2.24) is 14.5 Å². The van der Waals surface area contributed by atoms with Crippen molar-refractivity contribution < 1.29 is 4.74 Å². The molecule has 5 heteroatoms. The summed E-state index contributed by atoms with van der Waals surface area (Å²) in [6.07, 6.45) is 2.60. The van der Waals surface area contributed by atoms with Gasteiger partial charge in [0.1, 0.15) is 12.3 Å². The van der Waals surface area contributed by atoms with Gasteiger partial charge in [0.2, 0.25) is 0 Å². The average Bonchev–Trinajstić information content (AvgIpc) is 3.04. The number of likely N-dealkylation sites (tertiary alicyclic amines) is 1. The second-order valence-electron chi connectivity index (χ2n) is 5.51. The Balaban J connectivity index is 1.74. The molecule has 5 nitrogen and oxygen atoms in total. The van der Waals surface area contributed by atoms with E-state index in [4.69, 9.17) is 10.5 Å². The van der Waals surface area contributed by atoms with E-state index in [1.54, 1.807) is 0 Å². The van der Waals surface area contributed by atoms with Gasteiger partial charge in [0.05, 0.1) is 5.52 Å². The Morgan fingerprint density at radius 1 is 1.25 bits per heavy atom. The highest BCUT2D eigenvalue weighted by atomic mass is 16.5. The van der Waals surface area contributed by atoms with Crippen LogP contribution in [0.15, 0.2) is 12.1 Å². The quantitative estimate of drug-likeness (QED) is 0.926. The number of pyridine rings is 1. The number of nitrogens with zero attached hydrogens (tertiary/aromatic N) is 3. The van der Waals surface area contributed by atoms with Crippen LogP contribution in [0.3, 0.4) is 0 Å². The number of rotatable bonds is 4. The summed E-state index contributed by atoms with van der Waals surface area (Å²) < 4.78 is 7.65. The molecule has 108 valence electrons. The highest BCUT2D eigenvalue weighted by Gasteiger charge is 2.15. The third-order valence-corrected chi connectivity index (χ3v) is 4.15. The Morgan fingerprint density at radius 2 is 2.00 bits per heavy atom. The van der Waals surface area contributed by atoms with Crippen LogP contribution in [0.25, 0.3) is 5.52 Å². The van der Waals surface area contributed by atoms with Crippen molar-refractivity contribution in [3.63, 3.8) is 0 Å². The van der Waals surface area contributed by atoms with Crippen LogP contribution >= 0.6 is 0 Å². The minimum absolute atomic E-state index is 0.554. The Morgan fingerprint density at radius 3 is 2.75 bits per heavy atom. The maximum absolute atomic E-state index is 6.13. The van der Waals surface area contributed by atoms with E-state index < -0.39 is 0 Å². The Kier molecular flexibility index (Phi) is 3.53. The van der Waals surface area contributed by atoms with Gasteiger partial charge in [-0.25, -0.2) is 4.52 Å². The van der Waals surface area contributed by atoms with E-state index in [0.717, 1.165) is 17.8 Å². The zero-order chi connectivity index (χ0) is 14.1. The number of nitrogen functional groups attached to an aromatic ring is 1. The molecule has 20 heavy (non-hydrogen) atoms. The number of anilines is 1. The summed E-state index contributed by atoms with van der Waals surface area (Å²) in [5.41, 5.74) is 9.98. The minimum atomic E-state index is 0.554. The molecule has 0 saturated carbocycles. The van der Waals surface area contributed by atoms with Gasteiger partial charge >= 0.3 is 0 Å². The van der Waals surface area contributed by atoms with Crippen LogP contribution in [-0.4, -0.2) is 40.8 Å². The molecular weight excluding hydrogens is 252 g/mol. The molecule has 0 spiro atoms. The number of aromatic nitrogens is 2. The third kappa shape index (κ3) is 2.33. The third-order valence-electron chi connectivity index (χ3n) is 4.15. The molecule has 3 heterocycles. The molecule has 1 saturated heterocycles. The van der Waals surface area contributed by atoms with Crippen LogP contribution in [0, 0.1) is 13.8 Å². The monoisotopic (exact) mass is 274 g/mol. The van der Waals surface area contributed by atoms with Crippen LogP contribution in [0.2, 0.25) is 0 Å². The first-order valence-corrected chi connectivity index (χ1v) is 7.26. The van der Waals surface area contributed by atoms with Gasteiger partial charge in [0, 0.05) is 12.2 Å². The van der Waals surface area contributed by atoms with Crippen molar-refractivity contribution in [1.29, 1.82) is 0 Å². The highest BCUT2D eigenvalue weighted by molar-refractivity contribution is 5.75. The fourth-order valence-corrected chi connectivity index (χ4v) is 2.71. The van der Waals surface area contributed by atoms with Crippen LogP contribution in [0.4, 0.5) is 5.69 Å². The number of aryl methyl sites for hydroxylation is 2. The summed E-state index contributed by atoms with van der Waals surface area (Å²) in [4.78, 5) is 2.42. The topological polar surface area (TPSA) is 55.8 Å². The standard InChI is InChI=1S/C15H22N4O/c1-11-5-6-13-14(16)15(17-19(13)12(11)2)20-10-9-18-7-3-4-8-18/h5-6H,3-4,7-10,16H2,1-2H3. The first-order chi connectivity index (χ1) is 9.66. The molecule has 0 amide bonds. The lowest BCUT2D eigenvalue weighted by Gasteiger charge is -2.13. The molecule has 0 aliphatic carbocycles. The fraction of sp³-hybridized carbons (Fsp3) is 0.533. The molecule has 0 radical (unpaired) electrons. The predicted octanol–water partition coefficient (Wildman–Crippen LogP) is 2.01. The predicted molar refractivity (Wildman–Crippen MR) is 80.2 cm³/mol. The molecule has 1 aliphatic heterocycles. The van der Waals surface area contributed by atoms with Crippen LogP contribution in [-0.2, 0) is 0 Å². The van der Waals surface area contributed by atoms with Crippen LogP contribution in [0.5, 0.6) is 5.88 Å². The van der Waals surface area contributed by atoms with E-state index in [-0.39, 0.29) is 0 Å². The van der Waals surface area contributed by atoms with Gasteiger partial charge < -0.3 is 10.5 Å². The molecule has 0 bridgehead atoms. The summed E-state index contributed by atoms with van der Waals surface area (Å²) >= 11 is 0. The van der Waals surface area contributed by atoms with Gasteiger partial charge in [-0.05, 0) is 51.4 Å². The van der Waals surface area contributed by atoms with E-state index in [1.807, 2.05) is 17.5 Å². The van der Waals surface area contributed by atoms with Crippen molar-refractivity contribution in [3.05, 3.63) is 23.4 Å². The molecule has 0 unspecified atom stereocenters. The van der Waals surface area contributed by atoms with E-state index in [9.17, 15) is 0 Å². The zero-order valence-corrected chi connectivity index (χ0v) is 12.2. The number of ether oxygens (including phenoxy) is 1. The van der Waals surface area contributed by atoms with Crippen molar-refractivity contribution in [2.24, 2.45) is 0 Å². The molecule has 2 N–H and O–H groups in total. The van der Waals surface area contributed by atoms with E-state index in [2.05, 4.69) is 23.0 Å². The SMILES string of the molecule is Cc1ccc2c(N)c(OCCN3CCCC3)nn2c1C. The van der Waals surface area contributed by atoms with E-state index in [1.165, 1.54) is 31.5 Å². The summed E-state index contributed by atoms with van der Waals surface area (Å²) in [6.45, 7) is 8.07. The Labute approximate surface area is 119 Å². The normalized spacial score (nSPS) is 16.1. The molecular formula is C15H22N4O. The summed E-state index contributed by atoms with van der Waals surface area (Å²) in [5, 5.41) is 4.49. The number of nitrogens with two attached hydrogens (primary N) is 1. The maximum Gasteiger partial charge on any atom is 0.257 e. The van der Waals surface area contributed by atoms with Crippen LogP contribution in [0.1, 0.15) is 24.1 Å². The summed E-state index contributed by atoms with van der Waals surface area (Å²) in [6, 6.07) is 4.06. The molecule has 2 aromatic heterocycles. The summed E-state index contributed by atoms with van der Waals surface area (Å²) in [7, 11) is 0. The van der Waals surface area contributed by atoms with Crippen LogP contribution < -0.4 is 10.5 Å². The fourth-order valence-electron chi connectivity index (χ4n) is 2.71. The lowest BCUT2D eigenvalue weighted by Crippen LogP contribution is -2.25. The Bertz CT molecular complexity index is 614. The molecule has 0 atom stereocenters. The van der Waals surface area contributed by atoms with Gasteiger partial charge in [-0.1, -0.05) is 6.07 Å². The van der Waals surface area contributed by atoms with E-state index >= 15 is 0 Å². The van der Waals surface area contributed by atoms with Gasteiger partial charge in [0.15, 0.2) is 0 Å². The van der Waals surface area contributed by atoms with Gasteiger partial charge in [-0.3, -0.25) is 4.90 Å². The zero-order valence-electron chi connectivity index (χ0n) is 12.2. The van der Waals surface area contributed by atoms with Crippen molar-refractivity contribution in [2.45, 2.75) is 26.7 Å². The van der Waals surface area contributed by atoms with Crippen molar-refractivity contribution in [2.75, 3.05) is 32.0 Å². The number of hydrogen-bond donors (Lipinski definition) is 1. The molecule has 2 aromatic rings. The Hall–Kier alpha value is -1.75. The molecule has 0 aromatic carbocycles. The molecule has 3 rings (SSSR count). The number of hydrogen-bond acceptors (Lipinski definition) is 4. The lowest BCUT2D eigenvalue weighted by molar-refractivity contribution is 0.232. The summed E-state index contributed by atoms with van der Waals surface area (Å²) in [5.74, 6) is 0.554. The van der Waals surface area contributed by atoms with Gasteiger partial charge in [-0.15, -0.1) is 5.10 Å². The van der Waals surface area contributed by atoms with E-state index in [0.29, 0.717) is 18.2 Å². The first-order valence-electron chi connectivity index (χ1n) is 7.26. The van der Waals surface area contributed by atoms with Gasteiger partial charge in [0.25, 0.3) is 5.88 Å². The second kappa shape index (κ2) is 5.32. The maximum atomic E-state index is 6.13. The van der Waals surface area contributed by atoms with Crippen molar-refractivity contribution in [3.8, 4) is 5.88 Å².